The average molecular weight is 241 g/mol. The number of rotatable bonds is 1. The fraction of sp³-hybridized carbons (Fsp3) is 0.667. The van der Waals surface area contributed by atoms with Crippen molar-refractivity contribution in [2.24, 2.45) is 5.41 Å². The molecule has 0 saturated carbocycles. The molecule has 0 fully saturated rings. The smallest absolute Gasteiger partial charge is 0.0308 e. The van der Waals surface area contributed by atoms with E-state index in [9.17, 15) is 0 Å². The molecule has 0 aliphatic heterocycles. The van der Waals surface area contributed by atoms with Gasteiger partial charge in [0.15, 0.2) is 0 Å². The molecule has 2 nitrogen and oxygen atoms in total. The van der Waals surface area contributed by atoms with Gasteiger partial charge in [-0.05, 0) is 17.5 Å². The number of hydrogen-bond acceptors (Lipinski definition) is 2. The van der Waals surface area contributed by atoms with Crippen molar-refractivity contribution in [3.63, 3.8) is 0 Å². The van der Waals surface area contributed by atoms with Crippen molar-refractivity contribution in [3.05, 3.63) is 17.8 Å². The topological polar surface area (TPSA) is 26.0 Å². The Labute approximate surface area is 99.0 Å². The fourth-order valence-corrected chi connectivity index (χ4v) is 0.946. The minimum atomic E-state index is 0. The van der Waals surface area contributed by atoms with Gasteiger partial charge in [-0.3, -0.25) is 0 Å². The van der Waals surface area contributed by atoms with Crippen molar-refractivity contribution < 1.29 is 37.1 Å². The summed E-state index contributed by atoms with van der Waals surface area (Å²) in [4.78, 5) is 4.17. The van der Waals surface area contributed by atoms with Crippen LogP contribution >= 0.6 is 0 Å². The van der Waals surface area contributed by atoms with Gasteiger partial charge in [0, 0.05) is 38.6 Å². The molecule has 0 amide bonds. The summed E-state index contributed by atoms with van der Waals surface area (Å²) in [5.41, 5.74) is 1.19. The van der Waals surface area contributed by atoms with Crippen LogP contribution in [0.4, 0.5) is 0 Å². The van der Waals surface area contributed by atoms with E-state index in [-0.39, 0.29) is 38.1 Å². The van der Waals surface area contributed by atoms with E-state index in [1.54, 1.807) is 0 Å². The molecule has 0 aromatic carbocycles. The van der Waals surface area contributed by atoms with Crippen LogP contribution in [0.3, 0.4) is 0 Å². The molecule has 1 rings (SSSR count). The zero-order valence-corrected chi connectivity index (χ0v) is 11.0. The molecule has 0 atom stereocenters. The fourth-order valence-electron chi connectivity index (χ4n) is 0.946. The molecule has 0 spiro atoms. The zero-order chi connectivity index (χ0) is 8.48. The molecular formula is C9H14NOY-. The van der Waals surface area contributed by atoms with Crippen LogP contribution in [-0.4, -0.2) is 4.98 Å². The Bertz CT molecular complexity index is 237. The van der Waals surface area contributed by atoms with E-state index < -0.39 is 0 Å². The normalized spacial score (nSPS) is 11.0. The number of nitrogens with zero attached hydrogens (tertiary/aromatic N) is 1. The van der Waals surface area contributed by atoms with Gasteiger partial charge in [-0.1, -0.05) is 34.0 Å². The largest absolute Gasteiger partial charge is 0.630 e. The van der Waals surface area contributed by atoms with Gasteiger partial charge in [0.2, 0.25) is 0 Å². The molecule has 0 aliphatic rings. The third kappa shape index (κ3) is 4.37. The summed E-state index contributed by atoms with van der Waals surface area (Å²) in [6.45, 7) is 8.35. The first-order chi connectivity index (χ1) is 4.97. The van der Waals surface area contributed by atoms with Crippen molar-refractivity contribution in [2.45, 2.75) is 34.1 Å². The third-order valence-electron chi connectivity index (χ3n) is 1.31. The van der Waals surface area contributed by atoms with Crippen molar-refractivity contribution >= 4 is 0 Å². The quantitative estimate of drug-likeness (QED) is 0.705. The first-order valence-corrected chi connectivity index (χ1v) is 3.81. The molecule has 0 aliphatic carbocycles. The van der Waals surface area contributed by atoms with E-state index in [2.05, 4.69) is 32.0 Å². The van der Waals surface area contributed by atoms with Crippen LogP contribution in [0.15, 0.2) is 4.42 Å². The van der Waals surface area contributed by atoms with E-state index in [0.717, 1.165) is 12.1 Å². The zero-order valence-electron chi connectivity index (χ0n) is 8.14. The molecule has 1 aromatic heterocycles. The minimum Gasteiger partial charge on any atom is -0.630 e. The summed E-state index contributed by atoms with van der Waals surface area (Å²) < 4.78 is 4.97. The Morgan fingerprint density at radius 1 is 1.42 bits per heavy atom. The minimum absolute atomic E-state index is 0. The van der Waals surface area contributed by atoms with Crippen LogP contribution in [-0.2, 0) is 39.1 Å². The Kier molecular flexibility index (Phi) is 4.64. The maximum absolute atomic E-state index is 4.97. The molecule has 0 N–H and O–H groups in total. The van der Waals surface area contributed by atoms with E-state index in [1.165, 1.54) is 0 Å². The molecule has 0 bridgehead atoms. The molecule has 1 heterocycles. The molecule has 1 aromatic rings. The summed E-state index contributed by atoms with van der Waals surface area (Å²) >= 11 is 0. The number of aryl methyl sites for hydroxylation is 1. The Hall–Kier alpha value is 0.314. The van der Waals surface area contributed by atoms with Gasteiger partial charge in [-0.15, -0.1) is 0 Å². The molecule has 1 radical (unpaired) electrons. The number of oxazole rings is 1. The van der Waals surface area contributed by atoms with Crippen LogP contribution in [0, 0.1) is 18.6 Å². The van der Waals surface area contributed by atoms with Gasteiger partial charge in [0.25, 0.3) is 0 Å². The SMILES string of the molecule is Cc1nc(CC(C)(C)C)[c-]o1.[Y]. The first kappa shape index (κ1) is 12.3. The van der Waals surface area contributed by atoms with Gasteiger partial charge in [-0.25, -0.2) is 0 Å². The van der Waals surface area contributed by atoms with Gasteiger partial charge in [0.1, 0.15) is 0 Å². The van der Waals surface area contributed by atoms with Gasteiger partial charge >= 0.3 is 0 Å². The predicted octanol–water partition coefficient (Wildman–Crippen LogP) is 2.37. The van der Waals surface area contributed by atoms with Crippen LogP contribution in [0.5, 0.6) is 0 Å². The van der Waals surface area contributed by atoms with E-state index >= 15 is 0 Å². The Balaban J connectivity index is 0.00000121. The van der Waals surface area contributed by atoms with Gasteiger partial charge in [-0.2, -0.15) is 0 Å². The van der Waals surface area contributed by atoms with Gasteiger partial charge in [0.05, 0.1) is 0 Å². The van der Waals surface area contributed by atoms with Crippen molar-refractivity contribution in [1.82, 2.24) is 4.98 Å². The Morgan fingerprint density at radius 3 is 2.33 bits per heavy atom. The van der Waals surface area contributed by atoms with Crippen LogP contribution in [0.25, 0.3) is 0 Å². The van der Waals surface area contributed by atoms with Crippen molar-refractivity contribution in [1.29, 1.82) is 0 Å². The number of aromatic nitrogens is 1. The van der Waals surface area contributed by atoms with Crippen LogP contribution < -0.4 is 0 Å². The summed E-state index contributed by atoms with van der Waals surface area (Å²) in [5.74, 6) is 0.698. The van der Waals surface area contributed by atoms with E-state index in [1.807, 2.05) is 6.92 Å². The van der Waals surface area contributed by atoms with E-state index in [4.69, 9.17) is 4.42 Å². The monoisotopic (exact) mass is 241 g/mol. The molecule has 65 valence electrons. The molecule has 0 unspecified atom stereocenters. The Morgan fingerprint density at radius 2 is 2.00 bits per heavy atom. The maximum atomic E-state index is 4.97. The second-order valence-corrected chi connectivity index (χ2v) is 4.02. The van der Waals surface area contributed by atoms with Crippen LogP contribution in [0.2, 0.25) is 0 Å². The maximum Gasteiger partial charge on any atom is 0.0308 e. The average Bonchev–Trinajstić information content (AvgIpc) is 2.10. The van der Waals surface area contributed by atoms with Gasteiger partial charge < -0.3 is 9.40 Å². The van der Waals surface area contributed by atoms with Crippen molar-refractivity contribution in [2.75, 3.05) is 0 Å². The summed E-state index contributed by atoms with van der Waals surface area (Å²) in [6.07, 6.45) is 3.70. The molecule has 3 heteroatoms. The third-order valence-corrected chi connectivity index (χ3v) is 1.31. The summed E-state index contributed by atoms with van der Waals surface area (Å²) in [5, 5.41) is 0. The predicted molar refractivity (Wildman–Crippen MR) is 43.2 cm³/mol. The molecule has 12 heavy (non-hydrogen) atoms. The second-order valence-electron chi connectivity index (χ2n) is 4.02. The first-order valence-electron chi connectivity index (χ1n) is 3.81. The molecular weight excluding hydrogens is 227 g/mol. The number of hydrogen-bond donors (Lipinski definition) is 0. The van der Waals surface area contributed by atoms with Crippen LogP contribution in [0.1, 0.15) is 32.4 Å². The molecule has 0 saturated heterocycles. The standard InChI is InChI=1S/C9H14NO.Y/c1-7-10-8(6-11-7)5-9(2,3)4;/h5H2,1-4H3;/q-1;. The second kappa shape index (κ2) is 4.52. The summed E-state index contributed by atoms with van der Waals surface area (Å²) in [6, 6.07) is 0. The summed E-state index contributed by atoms with van der Waals surface area (Å²) in [7, 11) is 0. The van der Waals surface area contributed by atoms with E-state index in [0.29, 0.717) is 5.89 Å². The van der Waals surface area contributed by atoms with Crippen molar-refractivity contribution in [3.8, 4) is 0 Å².